The maximum Gasteiger partial charge on any atom is 0.313 e. The van der Waals surface area contributed by atoms with Crippen LogP contribution in [0.4, 0.5) is 0 Å². The largest absolute Gasteiger partial charge is 0.481 e. The molecule has 0 spiro atoms. The zero-order valence-electron chi connectivity index (χ0n) is 16.1. The number of nitrogens with zero attached hydrogens (tertiary/aromatic N) is 2. The van der Waals surface area contributed by atoms with Crippen molar-refractivity contribution in [3.63, 3.8) is 0 Å². The summed E-state index contributed by atoms with van der Waals surface area (Å²) in [5, 5.41) is 16.0. The third-order valence-electron chi connectivity index (χ3n) is 4.38. The van der Waals surface area contributed by atoms with E-state index in [0.717, 1.165) is 23.5 Å². The van der Waals surface area contributed by atoms with Gasteiger partial charge in [-0.1, -0.05) is 29.8 Å². The Bertz CT molecular complexity index is 785. The molecule has 0 aliphatic carbocycles. The minimum Gasteiger partial charge on any atom is -0.481 e. The van der Waals surface area contributed by atoms with Crippen LogP contribution >= 0.6 is 11.8 Å². The van der Waals surface area contributed by atoms with E-state index >= 15 is 0 Å². The van der Waals surface area contributed by atoms with Crippen LogP contribution in [0.1, 0.15) is 34.5 Å². The maximum absolute atomic E-state index is 12.0. The molecule has 0 bridgehead atoms. The molecule has 146 valence electrons. The number of aliphatic carboxylic acids is 1. The van der Waals surface area contributed by atoms with Gasteiger partial charge in [0.05, 0.1) is 18.0 Å². The molecule has 0 saturated heterocycles. The van der Waals surface area contributed by atoms with Gasteiger partial charge < -0.3 is 10.4 Å². The lowest BCUT2D eigenvalue weighted by Gasteiger charge is -2.07. The van der Waals surface area contributed by atoms with Crippen LogP contribution in [-0.2, 0) is 22.6 Å². The highest BCUT2D eigenvalue weighted by Gasteiger charge is 2.13. The van der Waals surface area contributed by atoms with Crippen molar-refractivity contribution < 1.29 is 14.7 Å². The zero-order chi connectivity index (χ0) is 19.8. The Labute approximate surface area is 164 Å². The van der Waals surface area contributed by atoms with Crippen LogP contribution in [0.5, 0.6) is 0 Å². The summed E-state index contributed by atoms with van der Waals surface area (Å²) in [5.74, 6) is -0.185. The molecule has 6 nitrogen and oxygen atoms in total. The van der Waals surface area contributed by atoms with Crippen molar-refractivity contribution in [1.82, 2.24) is 15.1 Å². The maximum atomic E-state index is 12.0. The van der Waals surface area contributed by atoms with E-state index in [0.29, 0.717) is 25.1 Å². The van der Waals surface area contributed by atoms with Crippen LogP contribution in [0.3, 0.4) is 0 Å². The topological polar surface area (TPSA) is 84.2 Å². The molecule has 0 radical (unpaired) electrons. The van der Waals surface area contributed by atoms with Gasteiger partial charge in [-0.3, -0.25) is 14.3 Å². The highest BCUT2D eigenvalue weighted by Crippen LogP contribution is 2.17. The molecule has 0 atom stereocenters. The molecule has 27 heavy (non-hydrogen) atoms. The molecular formula is C20H27N3O3S. The van der Waals surface area contributed by atoms with E-state index in [1.54, 1.807) is 0 Å². The zero-order valence-corrected chi connectivity index (χ0v) is 16.9. The summed E-state index contributed by atoms with van der Waals surface area (Å²) in [5.41, 5.74) is 5.62. The molecule has 0 unspecified atom stereocenters. The van der Waals surface area contributed by atoms with Gasteiger partial charge in [-0.2, -0.15) is 5.10 Å². The Balaban J connectivity index is 1.84. The number of thioether (sulfide) groups is 1. The number of hydrogen-bond acceptors (Lipinski definition) is 4. The van der Waals surface area contributed by atoms with E-state index in [-0.39, 0.29) is 11.7 Å². The molecule has 0 aliphatic heterocycles. The van der Waals surface area contributed by atoms with E-state index in [9.17, 15) is 9.59 Å². The fraction of sp³-hybridized carbons (Fsp3) is 0.450. The summed E-state index contributed by atoms with van der Waals surface area (Å²) < 4.78 is 2.00. The lowest BCUT2D eigenvalue weighted by Crippen LogP contribution is -2.26. The van der Waals surface area contributed by atoms with E-state index in [1.165, 1.54) is 22.9 Å². The molecule has 0 fully saturated rings. The Morgan fingerprint density at radius 1 is 1.19 bits per heavy atom. The van der Waals surface area contributed by atoms with Gasteiger partial charge in [0.15, 0.2) is 0 Å². The van der Waals surface area contributed by atoms with Gasteiger partial charge in [0, 0.05) is 24.4 Å². The van der Waals surface area contributed by atoms with Crippen molar-refractivity contribution in [1.29, 1.82) is 0 Å². The summed E-state index contributed by atoms with van der Waals surface area (Å²) in [4.78, 5) is 22.4. The van der Waals surface area contributed by atoms with Crippen LogP contribution in [0.25, 0.3) is 0 Å². The molecule has 2 N–H and O–H groups in total. The van der Waals surface area contributed by atoms with Crippen molar-refractivity contribution in [2.75, 3.05) is 18.1 Å². The van der Waals surface area contributed by atoms with Crippen molar-refractivity contribution in [2.45, 2.75) is 40.2 Å². The van der Waals surface area contributed by atoms with E-state index < -0.39 is 5.97 Å². The second kappa shape index (κ2) is 10.2. The van der Waals surface area contributed by atoms with Gasteiger partial charge in [0.25, 0.3) is 0 Å². The number of benzene rings is 1. The minimum atomic E-state index is -0.833. The van der Waals surface area contributed by atoms with Gasteiger partial charge in [-0.15, -0.1) is 11.8 Å². The lowest BCUT2D eigenvalue weighted by molar-refractivity contribution is -0.133. The highest BCUT2D eigenvalue weighted by molar-refractivity contribution is 7.99. The van der Waals surface area contributed by atoms with E-state index in [4.69, 9.17) is 5.11 Å². The Kier molecular flexibility index (Phi) is 7.91. The van der Waals surface area contributed by atoms with Crippen molar-refractivity contribution in [2.24, 2.45) is 0 Å². The monoisotopic (exact) mass is 389 g/mol. The number of carboxylic acids is 1. The number of aryl methyl sites for hydroxylation is 2. The lowest BCUT2D eigenvalue weighted by atomic mass is 10.1. The number of carbonyl (C=O) groups excluding carboxylic acids is 1. The molecule has 0 saturated carbocycles. The smallest absolute Gasteiger partial charge is 0.313 e. The van der Waals surface area contributed by atoms with Gasteiger partial charge in [0.2, 0.25) is 5.91 Å². The highest BCUT2D eigenvalue weighted by atomic mass is 32.2. The summed E-state index contributed by atoms with van der Waals surface area (Å²) in [6.45, 7) is 7.31. The van der Waals surface area contributed by atoms with Crippen LogP contribution < -0.4 is 5.32 Å². The van der Waals surface area contributed by atoms with Gasteiger partial charge >= 0.3 is 5.97 Å². The number of aromatic nitrogens is 2. The summed E-state index contributed by atoms with van der Waals surface area (Å²) >= 11 is 1.30. The van der Waals surface area contributed by atoms with Crippen LogP contribution in [-0.4, -0.2) is 44.8 Å². The van der Waals surface area contributed by atoms with Crippen LogP contribution in [0, 0.1) is 20.8 Å². The van der Waals surface area contributed by atoms with Crippen molar-refractivity contribution >= 4 is 23.6 Å². The molecule has 2 aromatic rings. The first-order valence-electron chi connectivity index (χ1n) is 9.01. The Morgan fingerprint density at radius 3 is 2.56 bits per heavy atom. The summed E-state index contributed by atoms with van der Waals surface area (Å²) in [6, 6.07) is 8.42. The van der Waals surface area contributed by atoms with Crippen molar-refractivity contribution in [3.8, 4) is 0 Å². The molecule has 0 aliphatic rings. The quantitative estimate of drug-likeness (QED) is 0.611. The molecule has 7 heteroatoms. The number of nitrogens with one attached hydrogen (secondary N) is 1. The number of rotatable bonds is 10. The molecule has 1 aromatic carbocycles. The van der Waals surface area contributed by atoms with Crippen LogP contribution in [0.15, 0.2) is 24.3 Å². The molecule has 1 amide bonds. The van der Waals surface area contributed by atoms with E-state index in [1.807, 2.05) is 18.5 Å². The van der Waals surface area contributed by atoms with Crippen LogP contribution in [0.2, 0.25) is 0 Å². The molecule has 1 aromatic heterocycles. The molecule has 1 heterocycles. The average molecular weight is 390 g/mol. The first kappa shape index (κ1) is 21.0. The van der Waals surface area contributed by atoms with Gasteiger partial charge in [-0.05, 0) is 38.3 Å². The first-order valence-corrected chi connectivity index (χ1v) is 10.2. The molecular weight excluding hydrogens is 362 g/mol. The minimum absolute atomic E-state index is 0.0176. The predicted octanol–water partition coefficient (Wildman–Crippen LogP) is 2.72. The number of carbonyl (C=O) groups is 2. The second-order valence-corrected chi connectivity index (χ2v) is 7.69. The second-order valence-electron chi connectivity index (χ2n) is 6.59. The third kappa shape index (κ3) is 6.75. The average Bonchev–Trinajstić information content (AvgIpc) is 2.88. The standard InChI is InChI=1S/C20H27N3O3S/c1-14-4-6-17(7-5-14)12-23-16(3)18(15(2)22-23)8-9-19(24)21-10-11-27-13-20(25)26/h4-7H,8-13H2,1-3H3,(H,21,24)(H,25,26). The normalized spacial score (nSPS) is 10.8. The fourth-order valence-electron chi connectivity index (χ4n) is 2.87. The first-order chi connectivity index (χ1) is 12.9. The molecule has 2 rings (SSSR count). The van der Waals surface area contributed by atoms with E-state index in [2.05, 4.69) is 41.6 Å². The van der Waals surface area contributed by atoms with Gasteiger partial charge in [-0.25, -0.2) is 0 Å². The number of amides is 1. The van der Waals surface area contributed by atoms with Crippen molar-refractivity contribution in [3.05, 3.63) is 52.3 Å². The predicted molar refractivity (Wildman–Crippen MR) is 108 cm³/mol. The summed E-state index contributed by atoms with van der Waals surface area (Å²) in [6.07, 6.45) is 1.06. The Morgan fingerprint density at radius 2 is 1.89 bits per heavy atom. The number of hydrogen-bond donors (Lipinski definition) is 2. The fourth-order valence-corrected chi connectivity index (χ4v) is 3.43. The summed E-state index contributed by atoms with van der Waals surface area (Å²) in [7, 11) is 0. The Hall–Kier alpha value is -2.28. The van der Waals surface area contributed by atoms with Gasteiger partial charge in [0.1, 0.15) is 0 Å². The SMILES string of the molecule is Cc1ccc(Cn2nc(C)c(CCC(=O)NCCSCC(=O)O)c2C)cc1. The number of carboxylic acid groups (broad SMARTS) is 1. The third-order valence-corrected chi connectivity index (χ3v) is 5.32.